The maximum atomic E-state index is 10.9. The van der Waals surface area contributed by atoms with Gasteiger partial charge in [0.2, 0.25) is 5.75 Å². The molecule has 0 N–H and O–H groups in total. The van der Waals surface area contributed by atoms with Crippen LogP contribution in [-0.4, -0.2) is 19.0 Å². The van der Waals surface area contributed by atoms with E-state index in [1.807, 2.05) is 0 Å². The fraction of sp³-hybridized carbons (Fsp3) is 0.273. The van der Waals surface area contributed by atoms with E-state index in [4.69, 9.17) is 14.2 Å². The minimum absolute atomic E-state index is 0.104. The molecule has 0 saturated heterocycles. The summed E-state index contributed by atoms with van der Waals surface area (Å²) in [5.74, 6) is -0.428. The molecule has 0 aromatic heterocycles. The van der Waals surface area contributed by atoms with Crippen LogP contribution >= 0.6 is 0 Å². The molecule has 0 spiro atoms. The topological polar surface area (TPSA) is 61.8 Å². The van der Waals surface area contributed by atoms with Gasteiger partial charge in [-0.15, -0.1) is 0 Å². The van der Waals surface area contributed by atoms with Crippen molar-refractivity contribution in [1.82, 2.24) is 0 Å². The molecule has 0 fully saturated rings. The molecular weight excluding hydrogens is 212 g/mol. The van der Waals surface area contributed by atoms with Crippen molar-refractivity contribution < 1.29 is 23.8 Å². The lowest BCUT2D eigenvalue weighted by Gasteiger charge is -2.11. The molecule has 1 aromatic carbocycles. The van der Waals surface area contributed by atoms with Crippen LogP contribution in [0.25, 0.3) is 0 Å². The Bertz CT molecular complexity index is 411. The third-order valence-corrected chi connectivity index (χ3v) is 1.66. The maximum Gasteiger partial charge on any atom is 0.308 e. The van der Waals surface area contributed by atoms with Crippen molar-refractivity contribution >= 4 is 11.9 Å². The summed E-state index contributed by atoms with van der Waals surface area (Å²) < 4.78 is 14.8. The maximum absolute atomic E-state index is 10.9. The molecule has 0 amide bonds. The van der Waals surface area contributed by atoms with Gasteiger partial charge in [0.15, 0.2) is 11.5 Å². The van der Waals surface area contributed by atoms with Crippen LogP contribution in [-0.2, 0) is 9.59 Å². The highest BCUT2D eigenvalue weighted by atomic mass is 16.6. The zero-order valence-electron chi connectivity index (χ0n) is 9.27. The third kappa shape index (κ3) is 2.98. The van der Waals surface area contributed by atoms with Gasteiger partial charge in [0.1, 0.15) is 0 Å². The second kappa shape index (κ2) is 5.16. The van der Waals surface area contributed by atoms with Crippen molar-refractivity contribution in [2.75, 3.05) is 7.11 Å². The summed E-state index contributed by atoms with van der Waals surface area (Å²) >= 11 is 0. The van der Waals surface area contributed by atoms with Gasteiger partial charge in [-0.2, -0.15) is 0 Å². The first kappa shape index (κ1) is 12.0. The van der Waals surface area contributed by atoms with E-state index in [-0.39, 0.29) is 11.5 Å². The first-order valence-electron chi connectivity index (χ1n) is 4.58. The van der Waals surface area contributed by atoms with E-state index < -0.39 is 11.9 Å². The number of benzene rings is 1. The zero-order valence-corrected chi connectivity index (χ0v) is 9.27. The number of ether oxygens (including phenoxy) is 3. The predicted molar refractivity (Wildman–Crippen MR) is 55.6 cm³/mol. The normalized spacial score (nSPS) is 9.44. The van der Waals surface area contributed by atoms with Crippen molar-refractivity contribution in [3.63, 3.8) is 0 Å². The minimum Gasteiger partial charge on any atom is -0.493 e. The predicted octanol–water partition coefficient (Wildman–Crippen LogP) is 1.55. The largest absolute Gasteiger partial charge is 0.493 e. The lowest BCUT2D eigenvalue weighted by atomic mass is 10.3. The van der Waals surface area contributed by atoms with Gasteiger partial charge in [-0.25, -0.2) is 0 Å². The number of para-hydroxylation sites is 1. The lowest BCUT2D eigenvalue weighted by Crippen LogP contribution is -2.08. The monoisotopic (exact) mass is 224 g/mol. The molecular formula is C11H12O5. The SMILES string of the molecule is COc1cccc(OC(C)=O)c1OC(C)=O. The molecule has 0 aliphatic heterocycles. The van der Waals surface area contributed by atoms with Gasteiger partial charge in [-0.3, -0.25) is 9.59 Å². The number of methoxy groups -OCH3 is 1. The molecule has 0 unspecified atom stereocenters. The van der Waals surface area contributed by atoms with Crippen LogP contribution < -0.4 is 14.2 Å². The molecule has 0 bridgehead atoms. The second-order valence-electron chi connectivity index (χ2n) is 2.97. The molecule has 5 nitrogen and oxygen atoms in total. The number of carbonyl (C=O) groups excluding carboxylic acids is 2. The van der Waals surface area contributed by atoms with Gasteiger partial charge in [-0.05, 0) is 12.1 Å². The number of hydrogen-bond acceptors (Lipinski definition) is 5. The Kier molecular flexibility index (Phi) is 3.88. The fourth-order valence-electron chi connectivity index (χ4n) is 1.14. The number of esters is 2. The van der Waals surface area contributed by atoms with E-state index in [1.165, 1.54) is 27.0 Å². The van der Waals surface area contributed by atoms with Crippen molar-refractivity contribution in [3.05, 3.63) is 18.2 Å². The van der Waals surface area contributed by atoms with E-state index in [2.05, 4.69) is 0 Å². The Hall–Kier alpha value is -2.04. The number of rotatable bonds is 3. The summed E-state index contributed by atoms with van der Waals surface area (Å²) in [7, 11) is 1.43. The molecule has 0 saturated carbocycles. The summed E-state index contributed by atoms with van der Waals surface area (Å²) in [6, 6.07) is 4.75. The minimum atomic E-state index is -0.516. The summed E-state index contributed by atoms with van der Waals surface area (Å²) in [5.41, 5.74) is 0. The highest BCUT2D eigenvalue weighted by Crippen LogP contribution is 2.37. The molecule has 16 heavy (non-hydrogen) atoms. The van der Waals surface area contributed by atoms with E-state index in [0.717, 1.165) is 0 Å². The quantitative estimate of drug-likeness (QED) is 0.575. The van der Waals surface area contributed by atoms with Crippen LogP contribution in [0.2, 0.25) is 0 Å². The molecule has 0 radical (unpaired) electrons. The molecule has 1 rings (SSSR count). The zero-order chi connectivity index (χ0) is 12.1. The van der Waals surface area contributed by atoms with Crippen LogP contribution in [0, 0.1) is 0 Å². The van der Waals surface area contributed by atoms with E-state index >= 15 is 0 Å². The average Bonchev–Trinajstić information content (AvgIpc) is 2.19. The Morgan fingerprint density at radius 1 is 1.00 bits per heavy atom. The number of carbonyl (C=O) groups is 2. The van der Waals surface area contributed by atoms with Crippen LogP contribution in [0.1, 0.15) is 13.8 Å². The molecule has 86 valence electrons. The lowest BCUT2D eigenvalue weighted by molar-refractivity contribution is -0.134. The average molecular weight is 224 g/mol. The Balaban J connectivity index is 3.14. The van der Waals surface area contributed by atoms with E-state index in [9.17, 15) is 9.59 Å². The van der Waals surface area contributed by atoms with Crippen molar-refractivity contribution in [1.29, 1.82) is 0 Å². The Labute approximate surface area is 92.9 Å². The summed E-state index contributed by atoms with van der Waals surface area (Å²) in [6.07, 6.45) is 0. The molecule has 0 aliphatic carbocycles. The Morgan fingerprint density at radius 2 is 1.56 bits per heavy atom. The summed E-state index contributed by atoms with van der Waals surface area (Å²) in [5, 5.41) is 0. The van der Waals surface area contributed by atoms with Gasteiger partial charge >= 0.3 is 11.9 Å². The molecule has 5 heteroatoms. The van der Waals surface area contributed by atoms with Gasteiger partial charge in [-0.1, -0.05) is 6.07 Å². The van der Waals surface area contributed by atoms with Gasteiger partial charge in [0.05, 0.1) is 7.11 Å². The molecule has 0 atom stereocenters. The third-order valence-electron chi connectivity index (χ3n) is 1.66. The van der Waals surface area contributed by atoms with Gasteiger partial charge in [0.25, 0.3) is 0 Å². The smallest absolute Gasteiger partial charge is 0.308 e. The van der Waals surface area contributed by atoms with E-state index in [0.29, 0.717) is 5.75 Å². The number of hydrogen-bond donors (Lipinski definition) is 0. The summed E-state index contributed by atoms with van der Waals surface area (Å²) in [4.78, 5) is 21.7. The van der Waals surface area contributed by atoms with Crippen LogP contribution in [0.5, 0.6) is 17.2 Å². The fourth-order valence-corrected chi connectivity index (χ4v) is 1.14. The van der Waals surface area contributed by atoms with Crippen molar-refractivity contribution in [2.45, 2.75) is 13.8 Å². The second-order valence-corrected chi connectivity index (χ2v) is 2.97. The highest BCUT2D eigenvalue weighted by Gasteiger charge is 2.15. The van der Waals surface area contributed by atoms with Crippen LogP contribution in [0.15, 0.2) is 18.2 Å². The first-order chi connectivity index (χ1) is 7.54. The highest BCUT2D eigenvalue weighted by molar-refractivity contribution is 5.75. The van der Waals surface area contributed by atoms with Gasteiger partial charge < -0.3 is 14.2 Å². The van der Waals surface area contributed by atoms with Gasteiger partial charge in [0, 0.05) is 13.8 Å². The van der Waals surface area contributed by atoms with Crippen molar-refractivity contribution in [2.24, 2.45) is 0 Å². The van der Waals surface area contributed by atoms with E-state index in [1.54, 1.807) is 12.1 Å². The Morgan fingerprint density at radius 3 is 2.06 bits per heavy atom. The standard InChI is InChI=1S/C11H12O5/c1-7(12)15-10-6-4-5-9(14-3)11(10)16-8(2)13/h4-6H,1-3H3. The van der Waals surface area contributed by atoms with Crippen molar-refractivity contribution in [3.8, 4) is 17.2 Å². The van der Waals surface area contributed by atoms with Crippen LogP contribution in [0.4, 0.5) is 0 Å². The van der Waals surface area contributed by atoms with Crippen LogP contribution in [0.3, 0.4) is 0 Å². The first-order valence-corrected chi connectivity index (χ1v) is 4.58. The molecule has 1 aromatic rings. The molecule has 0 aliphatic rings. The molecule has 0 heterocycles. The summed E-state index contributed by atoms with van der Waals surface area (Å²) in [6.45, 7) is 2.51.